The molecule has 1 fully saturated rings. The largest absolute Gasteiger partial charge is 0.339 e. The minimum atomic E-state index is 0.142. The lowest BCUT2D eigenvalue weighted by Gasteiger charge is -2.25. The smallest absolute Gasteiger partial charge is 0.233 e. The molecule has 2 heterocycles. The Morgan fingerprint density at radius 3 is 2.79 bits per heavy atom. The Morgan fingerprint density at radius 2 is 2.00 bits per heavy atom. The van der Waals surface area contributed by atoms with Crippen molar-refractivity contribution in [3.63, 3.8) is 0 Å². The number of carbonyl (C=O) groups excluding carboxylic acids is 1. The number of aryl methyl sites for hydroxylation is 1. The normalized spacial score (nSPS) is 16.3. The van der Waals surface area contributed by atoms with Gasteiger partial charge in [-0.3, -0.25) is 9.36 Å². The minimum Gasteiger partial charge on any atom is -0.339 e. The molecule has 29 heavy (non-hydrogen) atoms. The molecule has 150 valence electrons. The third-order valence-electron chi connectivity index (χ3n) is 5.26. The van der Waals surface area contributed by atoms with E-state index in [1.165, 1.54) is 17.3 Å². The van der Waals surface area contributed by atoms with Crippen LogP contribution in [0.5, 0.6) is 0 Å². The van der Waals surface area contributed by atoms with Crippen LogP contribution in [-0.2, 0) is 11.2 Å². The third-order valence-corrected chi connectivity index (χ3v) is 6.56. The van der Waals surface area contributed by atoms with Gasteiger partial charge in [0.25, 0.3) is 0 Å². The van der Waals surface area contributed by atoms with E-state index in [1.807, 2.05) is 45.9 Å². The molecule has 2 aromatic carbocycles. The molecule has 1 unspecified atom stereocenters. The molecule has 1 atom stereocenters. The summed E-state index contributed by atoms with van der Waals surface area (Å²) >= 11 is 7.75. The number of hydrogen-bond acceptors (Lipinski definition) is 4. The van der Waals surface area contributed by atoms with Crippen LogP contribution in [0.1, 0.15) is 24.0 Å². The van der Waals surface area contributed by atoms with Gasteiger partial charge >= 0.3 is 0 Å². The van der Waals surface area contributed by atoms with Crippen molar-refractivity contribution < 1.29 is 4.79 Å². The van der Waals surface area contributed by atoms with Crippen molar-refractivity contribution in [2.45, 2.75) is 37.4 Å². The molecule has 1 aliphatic heterocycles. The molecular formula is C22H23ClN4OS. The first-order chi connectivity index (χ1) is 14.1. The van der Waals surface area contributed by atoms with Crippen LogP contribution < -0.4 is 0 Å². The quantitative estimate of drug-likeness (QED) is 0.542. The highest BCUT2D eigenvalue weighted by Crippen LogP contribution is 2.27. The summed E-state index contributed by atoms with van der Waals surface area (Å²) in [7, 11) is 0. The Kier molecular flexibility index (Phi) is 6.21. The highest BCUT2D eigenvalue weighted by atomic mass is 35.5. The number of thioether (sulfide) groups is 1. The molecule has 0 N–H and O–H groups in total. The maximum Gasteiger partial charge on any atom is 0.233 e. The van der Waals surface area contributed by atoms with Gasteiger partial charge in [0.1, 0.15) is 6.33 Å². The van der Waals surface area contributed by atoms with Crippen molar-refractivity contribution in [3.8, 4) is 5.69 Å². The Labute approximate surface area is 180 Å². The van der Waals surface area contributed by atoms with Crippen LogP contribution in [0, 0.1) is 6.92 Å². The van der Waals surface area contributed by atoms with Gasteiger partial charge in [-0.2, -0.15) is 0 Å². The Hall–Kier alpha value is -2.31. The second-order valence-electron chi connectivity index (χ2n) is 7.29. The molecule has 1 aromatic heterocycles. The fourth-order valence-corrected chi connectivity index (χ4v) is 4.74. The molecule has 7 heteroatoms. The Bertz CT molecular complexity index is 988. The topological polar surface area (TPSA) is 51.0 Å². The van der Waals surface area contributed by atoms with Gasteiger partial charge in [0.2, 0.25) is 5.91 Å². The lowest BCUT2D eigenvalue weighted by molar-refractivity contribution is -0.129. The molecule has 0 bridgehead atoms. The number of benzene rings is 2. The van der Waals surface area contributed by atoms with Crippen LogP contribution in [-0.4, -0.2) is 43.9 Å². The lowest BCUT2D eigenvalue weighted by atomic mass is 10.0. The zero-order valence-electron chi connectivity index (χ0n) is 16.3. The highest BCUT2D eigenvalue weighted by molar-refractivity contribution is 7.99. The number of halogens is 1. The van der Waals surface area contributed by atoms with Gasteiger partial charge in [-0.1, -0.05) is 59.3 Å². The SMILES string of the molecule is Cc1ccc(-n2cnnc2SCC(=O)N2CCCC2Cc2ccccc2Cl)cc1. The van der Waals surface area contributed by atoms with Gasteiger partial charge in [-0.05, 0) is 49.9 Å². The van der Waals surface area contributed by atoms with Crippen molar-refractivity contribution in [2.75, 3.05) is 12.3 Å². The number of likely N-dealkylation sites (tertiary alicyclic amines) is 1. The molecule has 1 amide bonds. The number of rotatable bonds is 6. The predicted molar refractivity (Wildman–Crippen MR) is 117 cm³/mol. The average molecular weight is 427 g/mol. The first-order valence-corrected chi connectivity index (χ1v) is 11.1. The lowest BCUT2D eigenvalue weighted by Crippen LogP contribution is -2.38. The summed E-state index contributed by atoms with van der Waals surface area (Å²) in [5, 5.41) is 9.73. The summed E-state index contributed by atoms with van der Waals surface area (Å²) in [4.78, 5) is 14.9. The maximum absolute atomic E-state index is 12.9. The molecule has 3 aromatic rings. The summed E-state index contributed by atoms with van der Waals surface area (Å²) in [5.41, 5.74) is 3.30. The van der Waals surface area contributed by atoms with E-state index < -0.39 is 0 Å². The molecule has 0 radical (unpaired) electrons. The first kappa shape index (κ1) is 20.0. The number of hydrogen-bond donors (Lipinski definition) is 0. The molecule has 0 saturated carbocycles. The summed E-state index contributed by atoms with van der Waals surface area (Å²) in [6.07, 6.45) is 4.54. The summed E-state index contributed by atoms with van der Waals surface area (Å²) in [6.45, 7) is 2.86. The zero-order valence-corrected chi connectivity index (χ0v) is 17.9. The number of carbonyl (C=O) groups is 1. The van der Waals surface area contributed by atoms with Crippen LogP contribution in [0.15, 0.2) is 60.0 Å². The number of nitrogens with zero attached hydrogens (tertiary/aromatic N) is 4. The van der Waals surface area contributed by atoms with Crippen LogP contribution >= 0.6 is 23.4 Å². The van der Waals surface area contributed by atoms with Gasteiger partial charge in [0.15, 0.2) is 5.16 Å². The van der Waals surface area contributed by atoms with E-state index in [9.17, 15) is 4.79 Å². The fraction of sp³-hybridized carbons (Fsp3) is 0.318. The van der Waals surface area contributed by atoms with Crippen molar-refractivity contribution in [3.05, 3.63) is 71.0 Å². The van der Waals surface area contributed by atoms with E-state index in [4.69, 9.17) is 11.6 Å². The van der Waals surface area contributed by atoms with E-state index in [-0.39, 0.29) is 11.9 Å². The van der Waals surface area contributed by atoms with E-state index in [1.54, 1.807) is 6.33 Å². The van der Waals surface area contributed by atoms with Gasteiger partial charge in [0, 0.05) is 23.3 Å². The third kappa shape index (κ3) is 4.65. The summed E-state index contributed by atoms with van der Waals surface area (Å²) < 4.78 is 1.92. The monoisotopic (exact) mass is 426 g/mol. The molecule has 1 aliphatic rings. The van der Waals surface area contributed by atoms with E-state index in [2.05, 4.69) is 29.3 Å². The number of amides is 1. The van der Waals surface area contributed by atoms with Crippen LogP contribution in [0.3, 0.4) is 0 Å². The Balaban J connectivity index is 1.40. The zero-order chi connectivity index (χ0) is 20.2. The summed E-state index contributed by atoms with van der Waals surface area (Å²) in [5.74, 6) is 0.492. The molecule has 5 nitrogen and oxygen atoms in total. The van der Waals surface area contributed by atoms with Crippen molar-refractivity contribution >= 4 is 29.3 Å². The standard InChI is InChI=1S/C22H23ClN4OS/c1-16-8-10-18(11-9-16)27-15-24-25-22(27)29-14-21(28)26-12-4-6-19(26)13-17-5-2-3-7-20(17)23/h2-3,5,7-11,15,19H,4,6,12-14H2,1H3. The van der Waals surface area contributed by atoms with E-state index in [0.29, 0.717) is 5.75 Å². The van der Waals surface area contributed by atoms with Crippen LogP contribution in [0.2, 0.25) is 5.02 Å². The fourth-order valence-electron chi connectivity index (χ4n) is 3.71. The van der Waals surface area contributed by atoms with Crippen molar-refractivity contribution in [1.82, 2.24) is 19.7 Å². The molecular weight excluding hydrogens is 404 g/mol. The second kappa shape index (κ2) is 9.01. The first-order valence-electron chi connectivity index (χ1n) is 9.74. The van der Waals surface area contributed by atoms with E-state index >= 15 is 0 Å². The van der Waals surface area contributed by atoms with Crippen molar-refractivity contribution in [2.24, 2.45) is 0 Å². The average Bonchev–Trinajstić information content (AvgIpc) is 3.38. The van der Waals surface area contributed by atoms with Crippen LogP contribution in [0.4, 0.5) is 0 Å². The second-order valence-corrected chi connectivity index (χ2v) is 8.64. The van der Waals surface area contributed by atoms with Crippen LogP contribution in [0.25, 0.3) is 5.69 Å². The molecule has 0 spiro atoms. The maximum atomic E-state index is 12.9. The highest BCUT2D eigenvalue weighted by Gasteiger charge is 2.29. The van der Waals surface area contributed by atoms with Gasteiger partial charge in [0.05, 0.1) is 5.75 Å². The molecule has 0 aliphatic carbocycles. The predicted octanol–water partition coefficient (Wildman–Crippen LogP) is 4.55. The van der Waals surface area contributed by atoms with Gasteiger partial charge in [-0.15, -0.1) is 10.2 Å². The molecule has 4 rings (SSSR count). The summed E-state index contributed by atoms with van der Waals surface area (Å²) in [6, 6.07) is 16.3. The Morgan fingerprint density at radius 1 is 1.21 bits per heavy atom. The van der Waals surface area contributed by atoms with E-state index in [0.717, 1.165) is 47.2 Å². The van der Waals surface area contributed by atoms with Gasteiger partial charge in [-0.25, -0.2) is 0 Å². The molecule has 1 saturated heterocycles. The minimum absolute atomic E-state index is 0.142. The number of aromatic nitrogens is 3. The van der Waals surface area contributed by atoms with Gasteiger partial charge < -0.3 is 4.90 Å². The van der Waals surface area contributed by atoms with Crippen molar-refractivity contribution in [1.29, 1.82) is 0 Å².